The summed E-state index contributed by atoms with van der Waals surface area (Å²) in [7, 11) is 0. The first-order valence-electron chi connectivity index (χ1n) is 2.99. The third-order valence-electron chi connectivity index (χ3n) is 1.28. The molecule has 0 aromatic heterocycles. The summed E-state index contributed by atoms with van der Waals surface area (Å²) in [6, 6.07) is 7.72. The molecule has 4 nitrogen and oxygen atoms in total. The van der Waals surface area contributed by atoms with Crippen LogP contribution < -0.4 is 5.90 Å². The molecule has 1 rings (SSSR count). The molecule has 1 aromatic carbocycles. The van der Waals surface area contributed by atoms with Gasteiger partial charge in [-0.25, -0.2) is 0 Å². The zero-order chi connectivity index (χ0) is 8.32. The van der Waals surface area contributed by atoms with Crippen molar-refractivity contribution in [1.82, 2.24) is 5.90 Å². The second-order valence-corrected chi connectivity index (χ2v) is 2.07. The summed E-state index contributed by atoms with van der Waals surface area (Å²) >= 11 is 0. The van der Waals surface area contributed by atoms with Crippen LogP contribution in [0, 0.1) is 0 Å². The van der Waals surface area contributed by atoms with E-state index in [0.29, 0.717) is 0 Å². The lowest BCUT2D eigenvalue weighted by Crippen LogP contribution is -2.27. The summed E-state index contributed by atoms with van der Waals surface area (Å²) in [5.74, 6) is 5.44. The van der Waals surface area contributed by atoms with E-state index in [1.54, 1.807) is 18.2 Å². The van der Waals surface area contributed by atoms with Crippen molar-refractivity contribution in [3.63, 3.8) is 0 Å². The first-order valence-corrected chi connectivity index (χ1v) is 2.99. The largest absolute Gasteiger partial charge is 0.338 e. The normalized spacial score (nSPS) is 11.5. The molecule has 1 aromatic rings. The Bertz CT molecular complexity index is 222. The highest BCUT2D eigenvalue weighted by Gasteiger charge is 2.26. The van der Waals surface area contributed by atoms with Gasteiger partial charge in [0.25, 0.3) is 0 Å². The van der Waals surface area contributed by atoms with Crippen molar-refractivity contribution >= 4 is 0 Å². The first kappa shape index (κ1) is 8.16. The lowest BCUT2D eigenvalue weighted by atomic mass is 10.2. The van der Waals surface area contributed by atoms with E-state index in [-0.39, 0.29) is 5.56 Å². The predicted molar refractivity (Wildman–Crippen MR) is 35.8 cm³/mol. The van der Waals surface area contributed by atoms with Gasteiger partial charge in [0.15, 0.2) is 0 Å². The molecule has 0 heterocycles. The third-order valence-corrected chi connectivity index (χ3v) is 1.28. The van der Waals surface area contributed by atoms with E-state index < -0.39 is 5.97 Å². The van der Waals surface area contributed by atoms with Crippen LogP contribution in [-0.4, -0.2) is 10.2 Å². The van der Waals surface area contributed by atoms with Gasteiger partial charge in [-0.2, -0.15) is 4.84 Å². The molecule has 0 saturated carbocycles. The van der Waals surface area contributed by atoms with E-state index >= 15 is 0 Å². The molecular formula is C7H7NO3. The summed E-state index contributed by atoms with van der Waals surface area (Å²) in [4.78, 5) is 3.43. The maximum atomic E-state index is 8.88. The van der Waals surface area contributed by atoms with Crippen molar-refractivity contribution in [3.8, 4) is 0 Å². The Hall–Kier alpha value is -0.940. The van der Waals surface area contributed by atoms with Crippen molar-refractivity contribution < 1.29 is 15.1 Å². The monoisotopic (exact) mass is 153 g/mol. The zero-order valence-corrected chi connectivity index (χ0v) is 5.64. The van der Waals surface area contributed by atoms with E-state index in [1.165, 1.54) is 12.1 Å². The van der Waals surface area contributed by atoms with Gasteiger partial charge >= 0.3 is 5.97 Å². The second-order valence-electron chi connectivity index (χ2n) is 2.07. The van der Waals surface area contributed by atoms with Crippen LogP contribution in [0.5, 0.6) is 0 Å². The van der Waals surface area contributed by atoms with Crippen molar-refractivity contribution in [2.45, 2.75) is 5.97 Å². The van der Waals surface area contributed by atoms with Crippen LogP contribution in [0.15, 0.2) is 30.3 Å². The van der Waals surface area contributed by atoms with Gasteiger partial charge in [0.1, 0.15) is 0 Å². The highest BCUT2D eigenvalue weighted by Crippen LogP contribution is 2.16. The molecule has 2 N–H and O–H groups in total. The predicted octanol–water partition coefficient (Wildman–Crippen LogP) is -0.218. The molecule has 58 valence electrons. The Morgan fingerprint density at radius 3 is 2.18 bits per heavy atom. The summed E-state index contributed by atoms with van der Waals surface area (Å²) < 4.78 is 0. The van der Waals surface area contributed by atoms with E-state index in [9.17, 15) is 0 Å². The van der Waals surface area contributed by atoms with Crippen LogP contribution >= 0.6 is 0 Å². The lowest BCUT2D eigenvalue weighted by Gasteiger charge is -2.16. The van der Waals surface area contributed by atoms with Crippen LogP contribution in [0.4, 0.5) is 0 Å². The van der Waals surface area contributed by atoms with Crippen LogP contribution in [0.3, 0.4) is 0 Å². The fourth-order valence-electron chi connectivity index (χ4n) is 0.708. The maximum Gasteiger partial charge on any atom is 0.326 e. The lowest BCUT2D eigenvalue weighted by molar-refractivity contribution is -0.358. The molecule has 0 aliphatic rings. The Morgan fingerprint density at radius 2 is 1.73 bits per heavy atom. The molecular weight excluding hydrogens is 146 g/mol. The summed E-state index contributed by atoms with van der Waals surface area (Å²) in [5, 5.41) is 17.8. The quantitative estimate of drug-likeness (QED) is 0.455. The van der Waals surface area contributed by atoms with Gasteiger partial charge in [-0.3, -0.25) is 0 Å². The Balaban J connectivity index is 2.93. The molecule has 4 heteroatoms. The third kappa shape index (κ3) is 1.75. The van der Waals surface area contributed by atoms with E-state index in [4.69, 9.17) is 16.1 Å². The van der Waals surface area contributed by atoms with Gasteiger partial charge < -0.3 is 10.2 Å². The fourth-order valence-corrected chi connectivity index (χ4v) is 0.708. The van der Waals surface area contributed by atoms with Gasteiger partial charge in [-0.05, 0) is 0 Å². The Morgan fingerprint density at radius 1 is 1.18 bits per heavy atom. The minimum absolute atomic E-state index is 0.0718. The fraction of sp³-hybridized carbons (Fsp3) is 0.143. The minimum Gasteiger partial charge on any atom is -0.338 e. The average molecular weight is 153 g/mol. The van der Waals surface area contributed by atoms with Gasteiger partial charge in [0.2, 0.25) is 0 Å². The van der Waals surface area contributed by atoms with Crippen LogP contribution in [0.2, 0.25) is 0 Å². The van der Waals surface area contributed by atoms with Crippen LogP contribution in [0.25, 0.3) is 0 Å². The van der Waals surface area contributed by atoms with E-state index in [1.807, 2.05) is 0 Å². The Labute approximate surface area is 63.8 Å². The second kappa shape index (κ2) is 2.98. The molecule has 0 saturated heterocycles. The summed E-state index contributed by atoms with van der Waals surface area (Å²) in [6.45, 7) is 0. The first-order chi connectivity index (χ1) is 5.17. The number of benzene rings is 1. The number of rotatable bonds is 2. The van der Waals surface area contributed by atoms with E-state index in [0.717, 1.165) is 0 Å². The van der Waals surface area contributed by atoms with Gasteiger partial charge in [-0.1, -0.05) is 30.3 Å². The standard InChI is InChI=1S/C7H7NO3/c8-11-7(9,10)6-4-2-1-3-5-6/h1-5,9-10H. The number of aliphatic hydroxyl groups is 2. The topological polar surface area (TPSA) is 72.0 Å². The van der Waals surface area contributed by atoms with Crippen molar-refractivity contribution in [2.24, 2.45) is 0 Å². The average Bonchev–Trinajstić information content (AvgIpc) is 2.06. The molecule has 0 atom stereocenters. The molecule has 0 amide bonds. The maximum absolute atomic E-state index is 8.88. The van der Waals surface area contributed by atoms with Crippen molar-refractivity contribution in [2.75, 3.05) is 0 Å². The number of hydrogen-bond acceptors (Lipinski definition) is 3. The molecule has 0 fully saturated rings. The smallest absolute Gasteiger partial charge is 0.326 e. The molecule has 2 radical (unpaired) electrons. The highest BCUT2D eigenvalue weighted by molar-refractivity contribution is 5.17. The van der Waals surface area contributed by atoms with Crippen LogP contribution in [0.1, 0.15) is 5.56 Å². The minimum atomic E-state index is -2.61. The van der Waals surface area contributed by atoms with Crippen molar-refractivity contribution in [1.29, 1.82) is 0 Å². The molecule has 11 heavy (non-hydrogen) atoms. The summed E-state index contributed by atoms with van der Waals surface area (Å²) in [5.41, 5.74) is 0.0718. The van der Waals surface area contributed by atoms with E-state index in [2.05, 4.69) is 4.84 Å². The molecule has 0 bridgehead atoms. The van der Waals surface area contributed by atoms with Gasteiger partial charge in [0.05, 0.1) is 0 Å². The van der Waals surface area contributed by atoms with Gasteiger partial charge in [0, 0.05) is 11.5 Å². The Kier molecular flexibility index (Phi) is 2.21. The van der Waals surface area contributed by atoms with Crippen molar-refractivity contribution in [3.05, 3.63) is 35.9 Å². The van der Waals surface area contributed by atoms with Gasteiger partial charge in [-0.15, -0.1) is 0 Å². The highest BCUT2D eigenvalue weighted by atomic mass is 16.8. The van der Waals surface area contributed by atoms with Crippen LogP contribution in [-0.2, 0) is 10.8 Å². The molecule has 0 unspecified atom stereocenters. The molecule has 0 aliphatic carbocycles. The number of hydrogen-bond donors (Lipinski definition) is 2. The number of nitrogens with zero attached hydrogens (tertiary/aromatic N) is 1. The molecule has 0 spiro atoms. The summed E-state index contributed by atoms with van der Waals surface area (Å²) in [6.07, 6.45) is 0. The zero-order valence-electron chi connectivity index (χ0n) is 5.64. The SMILES string of the molecule is [N]OC(O)(O)c1ccccc1. The molecule has 0 aliphatic heterocycles.